The number of aromatic nitrogens is 4. The van der Waals surface area contributed by atoms with Gasteiger partial charge in [-0.3, -0.25) is 9.78 Å². The van der Waals surface area contributed by atoms with Crippen molar-refractivity contribution in [1.29, 1.82) is 0 Å². The summed E-state index contributed by atoms with van der Waals surface area (Å²) >= 11 is 0. The number of nitrogens with two attached hydrogens (primary N) is 1. The highest BCUT2D eigenvalue weighted by Crippen LogP contribution is 2.44. The molecule has 4 aromatic rings. The summed E-state index contributed by atoms with van der Waals surface area (Å²) in [5.74, 6) is 1.50. The van der Waals surface area contributed by atoms with E-state index in [1.165, 1.54) is 0 Å². The van der Waals surface area contributed by atoms with Crippen LogP contribution >= 0.6 is 0 Å². The largest absolute Gasteiger partial charge is 0.493 e. The van der Waals surface area contributed by atoms with E-state index >= 15 is 0 Å². The number of likely N-dealkylation sites (N-methyl/N-ethyl adjacent to an activating group) is 1. The maximum absolute atomic E-state index is 13.1. The van der Waals surface area contributed by atoms with Gasteiger partial charge >= 0.3 is 0 Å². The third-order valence-electron chi connectivity index (χ3n) is 8.16. The van der Waals surface area contributed by atoms with Gasteiger partial charge in [0.25, 0.3) is 5.91 Å². The summed E-state index contributed by atoms with van der Waals surface area (Å²) in [4.78, 5) is 34.5. The zero-order valence-corrected chi connectivity index (χ0v) is 22.6. The summed E-state index contributed by atoms with van der Waals surface area (Å²) in [6.07, 6.45) is 5.77. The number of aromatic amines is 1. The predicted molar refractivity (Wildman–Crippen MR) is 151 cm³/mol. The van der Waals surface area contributed by atoms with Crippen LogP contribution in [0.4, 0.5) is 0 Å². The monoisotopic (exact) mass is 525 g/mol. The molecule has 1 aromatic carbocycles. The smallest absolute Gasteiger partial charge is 0.270 e. The molecule has 202 valence electrons. The third-order valence-corrected chi connectivity index (χ3v) is 8.16. The summed E-state index contributed by atoms with van der Waals surface area (Å²) in [7, 11) is 2.09. The lowest BCUT2D eigenvalue weighted by Crippen LogP contribution is -2.47. The number of fused-ring (bicyclic) bond motifs is 1. The molecule has 2 aliphatic rings. The van der Waals surface area contributed by atoms with Gasteiger partial charge < -0.3 is 25.3 Å². The highest BCUT2D eigenvalue weighted by atomic mass is 16.5. The van der Waals surface area contributed by atoms with E-state index in [9.17, 15) is 4.79 Å². The van der Waals surface area contributed by atoms with Crippen LogP contribution in [0.5, 0.6) is 5.75 Å². The number of carbonyl (C=O) groups excluding carboxylic acids is 1. The molecular formula is C30H35N7O2. The molecule has 0 spiro atoms. The minimum absolute atomic E-state index is 0.0419. The Morgan fingerprint density at radius 2 is 1.85 bits per heavy atom. The summed E-state index contributed by atoms with van der Waals surface area (Å²) in [6.45, 7) is 6.67. The van der Waals surface area contributed by atoms with Crippen LogP contribution < -0.4 is 10.5 Å². The van der Waals surface area contributed by atoms with Crippen molar-refractivity contribution in [3.63, 3.8) is 0 Å². The standard InChI is InChI=1S/C30H35N7O2/c1-20(21-3-4-24-22(15-21)16-27(34-24)29(38)37-13-11-36(2)12-14-37)28-33-10-6-25(35-28)26-17-23(5-9-32-26)39-19-30(18-31)7-8-30/h3-6,9-10,15-17,20,34H,7-8,11-14,18-19,31H2,1-2H3. The Morgan fingerprint density at radius 3 is 2.62 bits per heavy atom. The number of benzene rings is 1. The van der Waals surface area contributed by atoms with Crippen LogP contribution in [0.1, 0.15) is 47.6 Å². The molecule has 1 unspecified atom stereocenters. The fraction of sp³-hybridized carbons (Fsp3) is 0.400. The molecule has 1 aliphatic heterocycles. The first-order valence-electron chi connectivity index (χ1n) is 13.7. The van der Waals surface area contributed by atoms with Gasteiger partial charge in [0.05, 0.1) is 18.0 Å². The Balaban J connectivity index is 1.19. The average Bonchev–Trinajstić information content (AvgIpc) is 3.64. The summed E-state index contributed by atoms with van der Waals surface area (Å²) < 4.78 is 6.04. The van der Waals surface area contributed by atoms with E-state index in [0.29, 0.717) is 24.7 Å². The predicted octanol–water partition coefficient (Wildman–Crippen LogP) is 3.68. The van der Waals surface area contributed by atoms with E-state index in [-0.39, 0.29) is 17.2 Å². The molecule has 9 nitrogen and oxygen atoms in total. The molecule has 1 saturated carbocycles. The Labute approximate surface area is 228 Å². The van der Waals surface area contributed by atoms with E-state index in [1.807, 2.05) is 35.2 Å². The first-order chi connectivity index (χ1) is 18.9. The maximum atomic E-state index is 13.1. The van der Waals surface area contributed by atoms with Crippen molar-refractivity contribution in [2.75, 3.05) is 46.4 Å². The highest BCUT2D eigenvalue weighted by Gasteiger charge is 2.42. The molecule has 1 amide bonds. The van der Waals surface area contributed by atoms with Gasteiger partial charge in [0.2, 0.25) is 0 Å². The second kappa shape index (κ2) is 10.4. The Bertz CT molecular complexity index is 1490. The summed E-state index contributed by atoms with van der Waals surface area (Å²) in [5.41, 5.74) is 10.2. The fourth-order valence-corrected chi connectivity index (χ4v) is 5.05. The second-order valence-electron chi connectivity index (χ2n) is 11.0. The van der Waals surface area contributed by atoms with Crippen molar-refractivity contribution in [1.82, 2.24) is 29.7 Å². The topological polar surface area (TPSA) is 113 Å². The molecule has 1 saturated heterocycles. The molecule has 0 radical (unpaired) electrons. The van der Waals surface area contributed by atoms with E-state index in [4.69, 9.17) is 15.5 Å². The van der Waals surface area contributed by atoms with Crippen LogP contribution in [0, 0.1) is 5.41 Å². The van der Waals surface area contributed by atoms with Crippen LogP contribution in [0.3, 0.4) is 0 Å². The van der Waals surface area contributed by atoms with Crippen molar-refractivity contribution in [2.45, 2.75) is 25.7 Å². The van der Waals surface area contributed by atoms with Crippen LogP contribution in [-0.2, 0) is 0 Å². The minimum atomic E-state index is -0.0419. The van der Waals surface area contributed by atoms with Gasteiger partial charge in [-0.15, -0.1) is 0 Å². The third kappa shape index (κ3) is 5.37. The van der Waals surface area contributed by atoms with E-state index < -0.39 is 0 Å². The minimum Gasteiger partial charge on any atom is -0.493 e. The number of amides is 1. The molecule has 3 N–H and O–H groups in total. The van der Waals surface area contributed by atoms with E-state index in [2.05, 4.69) is 46.0 Å². The van der Waals surface area contributed by atoms with Gasteiger partial charge in [-0.1, -0.05) is 13.0 Å². The molecule has 2 fully saturated rings. The Hall–Kier alpha value is -3.82. The lowest BCUT2D eigenvalue weighted by molar-refractivity contribution is 0.0659. The van der Waals surface area contributed by atoms with Gasteiger partial charge in [0, 0.05) is 73.4 Å². The summed E-state index contributed by atoms with van der Waals surface area (Å²) in [5, 5.41) is 1.01. The van der Waals surface area contributed by atoms with Crippen molar-refractivity contribution < 1.29 is 9.53 Å². The van der Waals surface area contributed by atoms with Crippen molar-refractivity contribution in [3.05, 3.63) is 71.9 Å². The molecule has 39 heavy (non-hydrogen) atoms. The molecule has 6 rings (SSSR count). The van der Waals surface area contributed by atoms with Crippen molar-refractivity contribution in [2.24, 2.45) is 11.1 Å². The quantitative estimate of drug-likeness (QED) is 0.361. The Morgan fingerprint density at radius 1 is 1.05 bits per heavy atom. The number of piperazine rings is 1. The second-order valence-corrected chi connectivity index (χ2v) is 11.0. The van der Waals surface area contributed by atoms with Crippen LogP contribution in [-0.4, -0.2) is 82.0 Å². The zero-order valence-electron chi connectivity index (χ0n) is 22.6. The molecule has 1 atom stereocenters. The molecular weight excluding hydrogens is 490 g/mol. The number of nitrogens with zero attached hydrogens (tertiary/aromatic N) is 5. The van der Waals surface area contributed by atoms with Crippen LogP contribution in [0.2, 0.25) is 0 Å². The van der Waals surface area contributed by atoms with Gasteiger partial charge in [0.1, 0.15) is 17.3 Å². The van der Waals surface area contributed by atoms with E-state index in [1.54, 1.807) is 12.4 Å². The number of hydrogen-bond acceptors (Lipinski definition) is 7. The SMILES string of the molecule is CC(c1ccc2[nH]c(C(=O)N3CCN(C)CC3)cc2c1)c1nccc(-c2cc(OCC3(CN)CC3)ccn2)n1. The van der Waals surface area contributed by atoms with Gasteiger partial charge in [-0.25, -0.2) is 9.97 Å². The lowest BCUT2D eigenvalue weighted by atomic mass is 9.98. The molecule has 4 heterocycles. The number of ether oxygens (including phenoxy) is 1. The van der Waals surface area contributed by atoms with Crippen molar-refractivity contribution in [3.8, 4) is 17.1 Å². The highest BCUT2D eigenvalue weighted by molar-refractivity contribution is 5.98. The normalized spacial score (nSPS) is 17.8. The number of hydrogen-bond donors (Lipinski definition) is 2. The van der Waals surface area contributed by atoms with Crippen LogP contribution in [0.15, 0.2) is 54.9 Å². The number of rotatable bonds is 8. The summed E-state index contributed by atoms with van der Waals surface area (Å²) in [6, 6.07) is 13.8. The molecule has 1 aliphatic carbocycles. The van der Waals surface area contributed by atoms with Crippen LogP contribution in [0.25, 0.3) is 22.3 Å². The average molecular weight is 526 g/mol. The van der Waals surface area contributed by atoms with Gasteiger partial charge in [0.15, 0.2) is 0 Å². The molecule has 0 bridgehead atoms. The maximum Gasteiger partial charge on any atom is 0.270 e. The molecule has 9 heteroatoms. The number of carbonyl (C=O) groups is 1. The van der Waals surface area contributed by atoms with E-state index in [0.717, 1.165) is 72.6 Å². The van der Waals surface area contributed by atoms with Crippen molar-refractivity contribution >= 4 is 16.8 Å². The molecule has 3 aromatic heterocycles. The van der Waals surface area contributed by atoms with Gasteiger partial charge in [-0.2, -0.15) is 0 Å². The number of pyridine rings is 1. The first-order valence-corrected chi connectivity index (χ1v) is 13.7. The zero-order chi connectivity index (χ0) is 27.0. The lowest BCUT2D eigenvalue weighted by Gasteiger charge is -2.32. The number of H-pyrrole nitrogens is 1. The fourth-order valence-electron chi connectivity index (χ4n) is 5.05. The Kier molecular flexibility index (Phi) is 6.78. The first kappa shape index (κ1) is 25.5. The van der Waals surface area contributed by atoms with Gasteiger partial charge in [-0.05, 0) is 55.8 Å². The number of nitrogens with one attached hydrogen (secondary N) is 1.